The van der Waals surface area contributed by atoms with Crippen molar-refractivity contribution in [2.75, 3.05) is 7.05 Å². The number of nitrogens with zero attached hydrogens (tertiary/aromatic N) is 1. The van der Waals surface area contributed by atoms with Gasteiger partial charge in [-0.2, -0.15) is 0 Å². The number of benzene rings is 1. The zero-order valence-corrected chi connectivity index (χ0v) is 12.0. The van der Waals surface area contributed by atoms with E-state index in [1.54, 1.807) is 0 Å². The standard InChI is InChI=1S/C17H23N/c1-7-17(15(5)13(2)3)18(6)12-16-10-8-9-14(4)11-16/h7-11H,2,5,12H2,1,3-4,6H3/b17-7-. The van der Waals surface area contributed by atoms with Crippen molar-refractivity contribution < 1.29 is 0 Å². The predicted molar refractivity (Wildman–Crippen MR) is 80.4 cm³/mol. The Morgan fingerprint density at radius 2 is 2.00 bits per heavy atom. The van der Waals surface area contributed by atoms with Crippen molar-refractivity contribution in [2.24, 2.45) is 0 Å². The highest BCUT2D eigenvalue weighted by Crippen LogP contribution is 2.20. The maximum atomic E-state index is 4.10. The van der Waals surface area contributed by atoms with Crippen molar-refractivity contribution in [3.8, 4) is 0 Å². The van der Waals surface area contributed by atoms with Gasteiger partial charge in [-0.05, 0) is 37.5 Å². The molecule has 0 aliphatic carbocycles. The molecule has 0 saturated carbocycles. The van der Waals surface area contributed by atoms with Crippen LogP contribution in [0, 0.1) is 6.92 Å². The molecule has 0 heterocycles. The van der Waals surface area contributed by atoms with Crippen LogP contribution in [0.1, 0.15) is 25.0 Å². The van der Waals surface area contributed by atoms with Crippen LogP contribution in [0.25, 0.3) is 0 Å². The van der Waals surface area contributed by atoms with Crippen molar-refractivity contribution >= 4 is 0 Å². The molecule has 1 aromatic carbocycles. The van der Waals surface area contributed by atoms with Crippen LogP contribution >= 0.6 is 0 Å². The van der Waals surface area contributed by atoms with E-state index in [2.05, 4.69) is 62.4 Å². The van der Waals surface area contributed by atoms with Gasteiger partial charge in [0.05, 0.1) is 0 Å². The molecule has 0 aliphatic rings. The summed E-state index contributed by atoms with van der Waals surface area (Å²) < 4.78 is 0. The average molecular weight is 241 g/mol. The number of allylic oxidation sites excluding steroid dienone is 2. The third-order valence-electron chi connectivity index (χ3n) is 3.01. The summed E-state index contributed by atoms with van der Waals surface area (Å²) in [5, 5.41) is 0. The smallest absolute Gasteiger partial charge is 0.0426 e. The molecule has 1 heteroatoms. The highest BCUT2D eigenvalue weighted by atomic mass is 15.1. The van der Waals surface area contributed by atoms with Gasteiger partial charge in [0.15, 0.2) is 0 Å². The molecule has 0 aromatic heterocycles. The van der Waals surface area contributed by atoms with Crippen LogP contribution in [0.15, 0.2) is 60.3 Å². The van der Waals surface area contributed by atoms with E-state index in [0.29, 0.717) is 0 Å². The second kappa shape index (κ2) is 6.25. The molecular weight excluding hydrogens is 218 g/mol. The molecule has 0 spiro atoms. The van der Waals surface area contributed by atoms with Crippen LogP contribution in [0.4, 0.5) is 0 Å². The van der Waals surface area contributed by atoms with Crippen molar-refractivity contribution in [1.29, 1.82) is 0 Å². The molecule has 0 unspecified atom stereocenters. The van der Waals surface area contributed by atoms with Gasteiger partial charge >= 0.3 is 0 Å². The molecule has 1 rings (SSSR count). The van der Waals surface area contributed by atoms with Gasteiger partial charge < -0.3 is 4.90 Å². The maximum Gasteiger partial charge on any atom is 0.0426 e. The van der Waals surface area contributed by atoms with E-state index < -0.39 is 0 Å². The lowest BCUT2D eigenvalue weighted by Gasteiger charge is -2.24. The second-order valence-corrected chi connectivity index (χ2v) is 4.78. The molecule has 0 saturated heterocycles. The minimum atomic E-state index is 0.883. The van der Waals surface area contributed by atoms with Crippen molar-refractivity contribution in [2.45, 2.75) is 27.3 Å². The van der Waals surface area contributed by atoms with Crippen molar-refractivity contribution in [3.63, 3.8) is 0 Å². The third kappa shape index (κ3) is 3.63. The molecule has 1 aromatic rings. The number of likely N-dealkylation sites (N-methyl/N-ethyl adjacent to an activating group) is 1. The molecule has 96 valence electrons. The van der Waals surface area contributed by atoms with E-state index in [4.69, 9.17) is 0 Å². The molecule has 0 fully saturated rings. The van der Waals surface area contributed by atoms with Crippen molar-refractivity contribution in [1.82, 2.24) is 4.90 Å². The lowest BCUT2D eigenvalue weighted by atomic mass is 10.1. The number of rotatable bonds is 5. The molecule has 0 atom stereocenters. The van der Waals surface area contributed by atoms with Crippen LogP contribution in [0.2, 0.25) is 0 Å². The first kappa shape index (κ1) is 14.3. The SMILES string of the molecule is C=C(C)C(=C)/C(=C/C)N(C)Cc1cccc(C)c1. The van der Waals surface area contributed by atoms with Crippen LogP contribution < -0.4 is 0 Å². The van der Waals surface area contributed by atoms with Gasteiger partial charge in [-0.3, -0.25) is 0 Å². The second-order valence-electron chi connectivity index (χ2n) is 4.78. The van der Waals surface area contributed by atoms with Gasteiger partial charge in [-0.1, -0.05) is 49.1 Å². The minimum Gasteiger partial charge on any atom is -0.370 e. The third-order valence-corrected chi connectivity index (χ3v) is 3.01. The minimum absolute atomic E-state index is 0.883. The first-order valence-electron chi connectivity index (χ1n) is 6.24. The summed E-state index contributed by atoms with van der Waals surface area (Å²) in [4.78, 5) is 2.21. The summed E-state index contributed by atoms with van der Waals surface area (Å²) in [6.07, 6.45) is 2.09. The fourth-order valence-corrected chi connectivity index (χ4v) is 2.01. The average Bonchev–Trinajstić information content (AvgIpc) is 2.29. The van der Waals surface area contributed by atoms with E-state index >= 15 is 0 Å². The zero-order chi connectivity index (χ0) is 13.7. The quantitative estimate of drug-likeness (QED) is 0.688. The summed E-state index contributed by atoms with van der Waals surface area (Å²) in [6.45, 7) is 15.1. The first-order chi connectivity index (χ1) is 8.45. The topological polar surface area (TPSA) is 3.24 Å². The lowest BCUT2D eigenvalue weighted by Crippen LogP contribution is -2.18. The summed E-state index contributed by atoms with van der Waals surface area (Å²) in [5.41, 5.74) is 5.77. The van der Waals surface area contributed by atoms with Gasteiger partial charge in [0.2, 0.25) is 0 Å². The summed E-state index contributed by atoms with van der Waals surface area (Å²) in [7, 11) is 2.09. The highest BCUT2D eigenvalue weighted by molar-refractivity contribution is 5.41. The number of hydrogen-bond donors (Lipinski definition) is 0. The van der Waals surface area contributed by atoms with Gasteiger partial charge in [0.1, 0.15) is 0 Å². The Kier molecular flexibility index (Phi) is 4.96. The summed E-state index contributed by atoms with van der Waals surface area (Å²) >= 11 is 0. The fourth-order valence-electron chi connectivity index (χ4n) is 2.01. The van der Waals surface area contributed by atoms with Crippen LogP contribution in [0.3, 0.4) is 0 Å². The monoisotopic (exact) mass is 241 g/mol. The Bertz CT molecular complexity index is 480. The lowest BCUT2D eigenvalue weighted by molar-refractivity contribution is 0.419. The molecule has 1 nitrogen and oxygen atoms in total. The fraction of sp³-hybridized carbons (Fsp3) is 0.294. The molecular formula is C17H23N. The Hall–Kier alpha value is -1.76. The van der Waals surface area contributed by atoms with Gasteiger partial charge in [-0.25, -0.2) is 0 Å². The largest absolute Gasteiger partial charge is 0.370 e. The Morgan fingerprint density at radius 1 is 1.33 bits per heavy atom. The Balaban J connectivity index is 2.84. The Morgan fingerprint density at radius 3 is 2.50 bits per heavy atom. The van der Waals surface area contributed by atoms with Crippen LogP contribution in [0.5, 0.6) is 0 Å². The van der Waals surface area contributed by atoms with E-state index in [1.165, 1.54) is 11.1 Å². The predicted octanol–water partition coefficient (Wildman–Crippen LogP) is 4.46. The molecule has 0 N–H and O–H groups in total. The zero-order valence-electron chi connectivity index (χ0n) is 12.0. The first-order valence-corrected chi connectivity index (χ1v) is 6.24. The van der Waals surface area contributed by atoms with E-state index in [9.17, 15) is 0 Å². The maximum absolute atomic E-state index is 4.10. The molecule has 0 aliphatic heterocycles. The van der Waals surface area contributed by atoms with Crippen LogP contribution in [-0.4, -0.2) is 11.9 Å². The molecule has 18 heavy (non-hydrogen) atoms. The highest BCUT2D eigenvalue weighted by Gasteiger charge is 2.08. The molecule has 0 amide bonds. The van der Waals surface area contributed by atoms with Gasteiger partial charge in [-0.15, -0.1) is 0 Å². The number of aryl methyl sites for hydroxylation is 1. The van der Waals surface area contributed by atoms with E-state index in [0.717, 1.165) is 23.4 Å². The molecule has 0 bridgehead atoms. The Labute approximate surface area is 111 Å². The van der Waals surface area contributed by atoms with E-state index in [1.807, 2.05) is 13.8 Å². The van der Waals surface area contributed by atoms with Crippen LogP contribution in [-0.2, 0) is 6.54 Å². The van der Waals surface area contributed by atoms with Gasteiger partial charge in [0, 0.05) is 19.3 Å². The normalized spacial score (nSPS) is 11.2. The van der Waals surface area contributed by atoms with Crippen molar-refractivity contribution in [3.05, 3.63) is 71.5 Å². The number of hydrogen-bond acceptors (Lipinski definition) is 1. The molecule has 0 radical (unpaired) electrons. The van der Waals surface area contributed by atoms with Gasteiger partial charge in [0.25, 0.3) is 0 Å². The van der Waals surface area contributed by atoms with E-state index in [-0.39, 0.29) is 0 Å². The summed E-state index contributed by atoms with van der Waals surface area (Å²) in [5.74, 6) is 0. The summed E-state index contributed by atoms with van der Waals surface area (Å²) in [6, 6.07) is 8.59.